The maximum absolute atomic E-state index is 10.1. The van der Waals surface area contributed by atoms with Gasteiger partial charge in [-0.25, -0.2) is 0 Å². The molecular weight excluding hydrogens is 308 g/mol. The Kier molecular flexibility index (Phi) is 4.04. The number of nitrogens with two attached hydrogens (primary N) is 1. The minimum absolute atomic E-state index is 0.000519. The van der Waals surface area contributed by atoms with E-state index >= 15 is 0 Å². The van der Waals surface area contributed by atoms with E-state index in [4.69, 9.17) is 15.2 Å². The molecule has 1 aliphatic rings. The van der Waals surface area contributed by atoms with Gasteiger partial charge >= 0.3 is 0 Å². The van der Waals surface area contributed by atoms with Crippen LogP contribution in [0.3, 0.4) is 0 Å². The first kappa shape index (κ1) is 15.7. The number of rotatable bonds is 4. The molecule has 2 aromatic rings. The number of phenols is 1. The van der Waals surface area contributed by atoms with Gasteiger partial charge in [-0.05, 0) is 24.1 Å². The molecule has 124 valence electrons. The van der Waals surface area contributed by atoms with Crippen molar-refractivity contribution in [3.05, 3.63) is 46.5 Å². The average molecular weight is 326 g/mol. The van der Waals surface area contributed by atoms with Crippen molar-refractivity contribution < 1.29 is 14.6 Å². The van der Waals surface area contributed by atoms with Gasteiger partial charge in [0.05, 0.1) is 13.0 Å². The molecule has 4 N–H and O–H groups in total. The number of benzene rings is 1. The van der Waals surface area contributed by atoms with E-state index in [9.17, 15) is 10.4 Å². The third kappa shape index (κ3) is 2.42. The number of nitrogens with zero attached hydrogens (tertiary/aromatic N) is 2. The van der Waals surface area contributed by atoms with Crippen LogP contribution in [0.1, 0.15) is 36.1 Å². The summed E-state index contributed by atoms with van der Waals surface area (Å²) in [5.74, 6) is 0.313. The fraction of sp³-hybridized carbons (Fsp3) is 0.294. The van der Waals surface area contributed by atoms with E-state index in [1.165, 1.54) is 7.11 Å². The third-order valence-corrected chi connectivity index (χ3v) is 4.05. The minimum atomic E-state index is -0.448. The molecule has 0 radical (unpaired) electrons. The molecule has 0 bridgehead atoms. The van der Waals surface area contributed by atoms with Crippen molar-refractivity contribution >= 4 is 0 Å². The lowest BCUT2D eigenvalue weighted by Crippen LogP contribution is -2.21. The molecule has 1 aromatic heterocycles. The number of aromatic amines is 1. The standard InChI is InChI=1S/C17H18N4O3/c1-3-4-11-15-14(9-5-6-13(23-2)12(22)7-9)10(8-18)16(19)24-17(15)21-20-11/h5-7,14,22H,3-4,19H2,1-2H3,(H,20,21). The molecule has 1 atom stereocenters. The number of aromatic hydroxyl groups is 1. The third-order valence-electron chi connectivity index (χ3n) is 4.05. The second-order valence-electron chi connectivity index (χ2n) is 5.53. The number of hydrogen-bond donors (Lipinski definition) is 3. The predicted octanol–water partition coefficient (Wildman–Crippen LogP) is 2.29. The van der Waals surface area contributed by atoms with Gasteiger partial charge in [0, 0.05) is 11.3 Å². The summed E-state index contributed by atoms with van der Waals surface area (Å²) < 4.78 is 10.6. The highest BCUT2D eigenvalue weighted by molar-refractivity contribution is 5.57. The largest absolute Gasteiger partial charge is 0.504 e. The summed E-state index contributed by atoms with van der Waals surface area (Å²) in [5.41, 5.74) is 8.60. The van der Waals surface area contributed by atoms with Crippen LogP contribution in [0.4, 0.5) is 0 Å². The fourth-order valence-corrected chi connectivity index (χ4v) is 2.97. The molecule has 0 aliphatic carbocycles. The number of aryl methyl sites for hydroxylation is 1. The van der Waals surface area contributed by atoms with E-state index in [0.717, 1.165) is 29.7 Å². The van der Waals surface area contributed by atoms with Gasteiger partial charge in [0.15, 0.2) is 11.5 Å². The highest BCUT2D eigenvalue weighted by Crippen LogP contribution is 2.44. The van der Waals surface area contributed by atoms with Crippen molar-refractivity contribution in [2.75, 3.05) is 7.11 Å². The summed E-state index contributed by atoms with van der Waals surface area (Å²) in [6.45, 7) is 2.06. The Labute approximate surface area is 139 Å². The summed E-state index contributed by atoms with van der Waals surface area (Å²) in [5, 5.41) is 26.8. The lowest BCUT2D eigenvalue weighted by atomic mass is 9.83. The highest BCUT2D eigenvalue weighted by Gasteiger charge is 2.35. The van der Waals surface area contributed by atoms with E-state index < -0.39 is 5.92 Å². The minimum Gasteiger partial charge on any atom is -0.504 e. The second kappa shape index (κ2) is 6.16. The van der Waals surface area contributed by atoms with Crippen LogP contribution in [-0.4, -0.2) is 22.4 Å². The zero-order valence-electron chi connectivity index (χ0n) is 13.5. The van der Waals surface area contributed by atoms with Crippen molar-refractivity contribution in [1.29, 1.82) is 5.26 Å². The van der Waals surface area contributed by atoms with E-state index in [0.29, 0.717) is 17.2 Å². The number of methoxy groups -OCH3 is 1. The number of fused-ring (bicyclic) bond motifs is 1. The van der Waals surface area contributed by atoms with Gasteiger partial charge in [0.2, 0.25) is 11.8 Å². The van der Waals surface area contributed by atoms with Crippen LogP contribution in [0.2, 0.25) is 0 Å². The van der Waals surface area contributed by atoms with Crippen molar-refractivity contribution in [3.8, 4) is 23.4 Å². The van der Waals surface area contributed by atoms with Crippen LogP contribution in [-0.2, 0) is 6.42 Å². The van der Waals surface area contributed by atoms with Gasteiger partial charge in [0.25, 0.3) is 0 Å². The first-order valence-corrected chi connectivity index (χ1v) is 7.62. The van der Waals surface area contributed by atoms with Gasteiger partial charge < -0.3 is 20.3 Å². The first-order valence-electron chi connectivity index (χ1n) is 7.62. The number of ether oxygens (including phenoxy) is 2. The molecule has 3 rings (SSSR count). The van der Waals surface area contributed by atoms with Crippen LogP contribution in [0, 0.1) is 11.3 Å². The first-order chi connectivity index (χ1) is 11.6. The molecule has 1 aliphatic heterocycles. The van der Waals surface area contributed by atoms with E-state index in [1.54, 1.807) is 18.2 Å². The SMILES string of the molecule is CCCc1[nH]nc2c1C(c1ccc(OC)c(O)c1)C(C#N)=C(N)O2. The summed E-state index contributed by atoms with van der Waals surface area (Å²) in [7, 11) is 1.48. The molecule has 7 nitrogen and oxygen atoms in total. The number of aromatic nitrogens is 2. The molecular formula is C17H18N4O3. The van der Waals surface area contributed by atoms with E-state index in [-0.39, 0.29) is 11.6 Å². The Bertz CT molecular complexity index is 848. The van der Waals surface area contributed by atoms with Crippen LogP contribution in [0.15, 0.2) is 29.7 Å². The normalized spacial score (nSPS) is 16.3. The number of H-pyrrole nitrogens is 1. The topological polar surface area (TPSA) is 117 Å². The molecule has 0 saturated carbocycles. The zero-order chi connectivity index (χ0) is 17.3. The van der Waals surface area contributed by atoms with Crippen molar-refractivity contribution in [1.82, 2.24) is 10.2 Å². The molecule has 0 fully saturated rings. The van der Waals surface area contributed by atoms with Crippen LogP contribution >= 0.6 is 0 Å². The Balaban J connectivity index is 2.19. The van der Waals surface area contributed by atoms with Crippen molar-refractivity contribution in [2.24, 2.45) is 5.73 Å². The van der Waals surface area contributed by atoms with Crippen LogP contribution < -0.4 is 15.2 Å². The average Bonchev–Trinajstić information content (AvgIpc) is 2.96. The van der Waals surface area contributed by atoms with Gasteiger partial charge in [0.1, 0.15) is 11.6 Å². The van der Waals surface area contributed by atoms with Crippen LogP contribution in [0.25, 0.3) is 0 Å². The Morgan fingerprint density at radius 1 is 1.50 bits per heavy atom. The Morgan fingerprint density at radius 2 is 2.29 bits per heavy atom. The van der Waals surface area contributed by atoms with Crippen LogP contribution in [0.5, 0.6) is 17.4 Å². The molecule has 7 heteroatoms. The monoisotopic (exact) mass is 326 g/mol. The van der Waals surface area contributed by atoms with Gasteiger partial charge in [-0.3, -0.25) is 5.10 Å². The molecule has 0 spiro atoms. The Hall–Kier alpha value is -3.14. The lowest BCUT2D eigenvalue weighted by molar-refractivity contribution is 0.371. The van der Waals surface area contributed by atoms with Gasteiger partial charge in [-0.2, -0.15) is 5.26 Å². The number of nitriles is 1. The van der Waals surface area contributed by atoms with Gasteiger partial charge in [-0.1, -0.05) is 19.4 Å². The molecule has 0 amide bonds. The number of hydrogen-bond acceptors (Lipinski definition) is 6. The highest BCUT2D eigenvalue weighted by atomic mass is 16.5. The number of allylic oxidation sites excluding steroid dienone is 1. The van der Waals surface area contributed by atoms with Gasteiger partial charge in [-0.15, -0.1) is 5.10 Å². The van der Waals surface area contributed by atoms with E-state index in [2.05, 4.69) is 23.2 Å². The zero-order valence-corrected chi connectivity index (χ0v) is 13.5. The smallest absolute Gasteiger partial charge is 0.244 e. The molecule has 1 aromatic carbocycles. The van der Waals surface area contributed by atoms with E-state index in [1.807, 2.05) is 0 Å². The predicted molar refractivity (Wildman–Crippen MR) is 86.5 cm³/mol. The molecule has 0 saturated heterocycles. The summed E-state index contributed by atoms with van der Waals surface area (Å²) >= 11 is 0. The molecule has 1 unspecified atom stereocenters. The lowest BCUT2D eigenvalue weighted by Gasteiger charge is -2.24. The summed E-state index contributed by atoms with van der Waals surface area (Å²) in [6, 6.07) is 7.16. The molecule has 2 heterocycles. The molecule has 24 heavy (non-hydrogen) atoms. The second-order valence-corrected chi connectivity index (χ2v) is 5.53. The quantitative estimate of drug-likeness (QED) is 0.793. The number of nitrogens with one attached hydrogen (secondary N) is 1. The summed E-state index contributed by atoms with van der Waals surface area (Å²) in [4.78, 5) is 0. The fourth-order valence-electron chi connectivity index (χ4n) is 2.97. The Morgan fingerprint density at radius 3 is 2.92 bits per heavy atom. The van der Waals surface area contributed by atoms with Crippen molar-refractivity contribution in [2.45, 2.75) is 25.7 Å². The maximum Gasteiger partial charge on any atom is 0.244 e. The summed E-state index contributed by atoms with van der Waals surface area (Å²) in [6.07, 6.45) is 1.68. The number of phenolic OH excluding ortho intramolecular Hbond substituents is 1. The maximum atomic E-state index is 10.1. The van der Waals surface area contributed by atoms with Crippen molar-refractivity contribution in [3.63, 3.8) is 0 Å².